The highest BCUT2D eigenvalue weighted by Gasteiger charge is 2.43. The molecule has 2 fully saturated rings. The van der Waals surface area contributed by atoms with Crippen LogP contribution in [-0.4, -0.2) is 40.1 Å². The Kier molecular flexibility index (Phi) is 3.94. The Hall–Kier alpha value is -2.80. The molecule has 1 saturated heterocycles. The zero-order chi connectivity index (χ0) is 19.4. The summed E-state index contributed by atoms with van der Waals surface area (Å²) in [6.45, 7) is 3.22. The molecular weight excluding hydrogens is 359 g/mol. The number of pyridine rings is 1. The largest absolute Gasteiger partial charge is 0.338 e. The van der Waals surface area contributed by atoms with E-state index in [9.17, 15) is 9.18 Å². The number of aryl methyl sites for hydroxylation is 1. The number of rotatable bonds is 2. The predicted octanol–water partition coefficient (Wildman–Crippen LogP) is 3.15. The van der Waals surface area contributed by atoms with E-state index in [1.54, 1.807) is 25.1 Å². The minimum absolute atomic E-state index is 0.0522. The SMILES string of the molecule is Cc1noc2nc(-c3ccc(F)cc3)cc(C(=O)N3CC4CCC(N)C4C3)c12. The van der Waals surface area contributed by atoms with E-state index in [1.807, 2.05) is 4.90 Å². The summed E-state index contributed by atoms with van der Waals surface area (Å²) < 4.78 is 18.6. The lowest BCUT2D eigenvalue weighted by Crippen LogP contribution is -2.33. The Balaban J connectivity index is 1.57. The van der Waals surface area contributed by atoms with Crippen LogP contribution in [0.4, 0.5) is 4.39 Å². The molecule has 3 unspecified atom stereocenters. The predicted molar refractivity (Wildman–Crippen MR) is 102 cm³/mol. The molecule has 3 heterocycles. The highest BCUT2D eigenvalue weighted by Crippen LogP contribution is 2.38. The van der Waals surface area contributed by atoms with Gasteiger partial charge in [-0.3, -0.25) is 4.79 Å². The number of halogens is 1. The van der Waals surface area contributed by atoms with Crippen LogP contribution in [0.3, 0.4) is 0 Å². The summed E-state index contributed by atoms with van der Waals surface area (Å²) in [7, 11) is 0. The molecule has 2 N–H and O–H groups in total. The van der Waals surface area contributed by atoms with E-state index in [0.717, 1.165) is 19.4 Å². The van der Waals surface area contributed by atoms with Gasteiger partial charge in [-0.2, -0.15) is 0 Å². The fourth-order valence-electron chi connectivity index (χ4n) is 4.68. The Labute approximate surface area is 161 Å². The number of nitrogens with zero attached hydrogens (tertiary/aromatic N) is 3. The molecule has 1 aliphatic carbocycles. The lowest BCUT2D eigenvalue weighted by atomic mass is 9.98. The van der Waals surface area contributed by atoms with Crippen molar-refractivity contribution in [3.63, 3.8) is 0 Å². The van der Waals surface area contributed by atoms with Gasteiger partial charge in [-0.05, 0) is 61.9 Å². The maximum Gasteiger partial charge on any atom is 0.259 e. The molecule has 0 radical (unpaired) electrons. The van der Waals surface area contributed by atoms with Gasteiger partial charge in [0.2, 0.25) is 0 Å². The van der Waals surface area contributed by atoms with Crippen LogP contribution in [0.15, 0.2) is 34.9 Å². The summed E-state index contributed by atoms with van der Waals surface area (Å²) in [5.41, 5.74) is 8.98. The van der Waals surface area contributed by atoms with E-state index in [-0.39, 0.29) is 17.8 Å². The average Bonchev–Trinajstić information content (AvgIpc) is 3.38. The first-order valence-electron chi connectivity index (χ1n) is 9.59. The van der Waals surface area contributed by atoms with E-state index in [2.05, 4.69) is 10.1 Å². The number of hydrogen-bond acceptors (Lipinski definition) is 5. The average molecular weight is 380 g/mol. The first-order valence-corrected chi connectivity index (χ1v) is 9.59. The minimum atomic E-state index is -0.323. The molecule has 1 aromatic carbocycles. The van der Waals surface area contributed by atoms with Gasteiger partial charge in [-0.25, -0.2) is 9.37 Å². The van der Waals surface area contributed by atoms with Gasteiger partial charge in [0.05, 0.1) is 22.3 Å². The van der Waals surface area contributed by atoms with Crippen LogP contribution in [0.25, 0.3) is 22.4 Å². The summed E-state index contributed by atoms with van der Waals surface area (Å²) in [5.74, 6) is 0.484. The lowest BCUT2D eigenvalue weighted by Gasteiger charge is -2.19. The molecule has 144 valence electrons. The quantitative estimate of drug-likeness (QED) is 0.738. The molecule has 0 bridgehead atoms. The second kappa shape index (κ2) is 6.38. The maximum absolute atomic E-state index is 13.4. The van der Waals surface area contributed by atoms with Crippen molar-refractivity contribution < 1.29 is 13.7 Å². The van der Waals surface area contributed by atoms with Gasteiger partial charge in [-0.1, -0.05) is 5.16 Å². The Morgan fingerprint density at radius 1 is 1.25 bits per heavy atom. The van der Waals surface area contributed by atoms with Crippen LogP contribution in [0, 0.1) is 24.6 Å². The molecule has 3 aromatic rings. The summed E-state index contributed by atoms with van der Waals surface area (Å²) in [5, 5.41) is 4.63. The molecule has 6 nitrogen and oxygen atoms in total. The van der Waals surface area contributed by atoms with E-state index in [4.69, 9.17) is 10.3 Å². The molecule has 1 saturated carbocycles. The van der Waals surface area contributed by atoms with Crippen molar-refractivity contribution >= 4 is 17.0 Å². The van der Waals surface area contributed by atoms with Gasteiger partial charge in [0.15, 0.2) is 0 Å². The van der Waals surface area contributed by atoms with Crippen molar-refractivity contribution in [1.82, 2.24) is 15.0 Å². The number of hydrogen-bond donors (Lipinski definition) is 1. The molecule has 1 amide bonds. The van der Waals surface area contributed by atoms with E-state index in [1.165, 1.54) is 12.1 Å². The molecule has 0 spiro atoms. The standard InChI is InChI=1S/C21H21FN4O2/c1-11-19-15(21(27)26-9-13-4-7-17(23)16(13)10-26)8-18(24-20(19)28-25-11)12-2-5-14(22)6-3-12/h2-3,5-6,8,13,16-17H,4,7,9-10,23H2,1H3. The highest BCUT2D eigenvalue weighted by atomic mass is 19.1. The lowest BCUT2D eigenvalue weighted by molar-refractivity contribution is 0.0781. The molecule has 28 heavy (non-hydrogen) atoms. The number of likely N-dealkylation sites (tertiary alicyclic amines) is 1. The van der Waals surface area contributed by atoms with E-state index in [0.29, 0.717) is 52.0 Å². The van der Waals surface area contributed by atoms with Crippen LogP contribution in [-0.2, 0) is 0 Å². The van der Waals surface area contributed by atoms with Gasteiger partial charge >= 0.3 is 0 Å². The van der Waals surface area contributed by atoms with Crippen molar-refractivity contribution in [2.45, 2.75) is 25.8 Å². The van der Waals surface area contributed by atoms with Crippen molar-refractivity contribution in [2.24, 2.45) is 17.6 Å². The topological polar surface area (TPSA) is 85.2 Å². The Bertz CT molecular complexity index is 1060. The van der Waals surface area contributed by atoms with E-state index >= 15 is 0 Å². The van der Waals surface area contributed by atoms with Crippen molar-refractivity contribution in [2.75, 3.05) is 13.1 Å². The number of fused-ring (bicyclic) bond motifs is 2. The third-order valence-corrected chi connectivity index (χ3v) is 6.19. The summed E-state index contributed by atoms with van der Waals surface area (Å²) in [6, 6.07) is 7.96. The third-order valence-electron chi connectivity index (χ3n) is 6.19. The summed E-state index contributed by atoms with van der Waals surface area (Å²) in [4.78, 5) is 19.8. The normalized spacial score (nSPS) is 24.1. The highest BCUT2D eigenvalue weighted by molar-refractivity contribution is 6.07. The Morgan fingerprint density at radius 3 is 2.79 bits per heavy atom. The van der Waals surface area contributed by atoms with Gasteiger partial charge in [0, 0.05) is 24.7 Å². The summed E-state index contributed by atoms with van der Waals surface area (Å²) >= 11 is 0. The number of aromatic nitrogens is 2. The van der Waals surface area contributed by atoms with Crippen LogP contribution >= 0.6 is 0 Å². The minimum Gasteiger partial charge on any atom is -0.338 e. The van der Waals surface area contributed by atoms with Crippen molar-refractivity contribution in [3.8, 4) is 11.3 Å². The van der Waals surface area contributed by atoms with Crippen LogP contribution < -0.4 is 5.73 Å². The molecule has 5 rings (SSSR count). The van der Waals surface area contributed by atoms with E-state index < -0.39 is 0 Å². The molecule has 2 aliphatic rings. The van der Waals surface area contributed by atoms with Gasteiger partial charge in [0.1, 0.15) is 5.82 Å². The van der Waals surface area contributed by atoms with Crippen LogP contribution in [0.5, 0.6) is 0 Å². The summed E-state index contributed by atoms with van der Waals surface area (Å²) in [6.07, 6.45) is 2.12. The number of amides is 1. The number of carbonyl (C=O) groups excluding carboxylic acids is 1. The maximum atomic E-state index is 13.4. The van der Waals surface area contributed by atoms with Gasteiger partial charge in [-0.15, -0.1) is 0 Å². The smallest absolute Gasteiger partial charge is 0.259 e. The zero-order valence-electron chi connectivity index (χ0n) is 15.6. The number of nitrogens with two attached hydrogens (primary N) is 1. The zero-order valence-corrected chi connectivity index (χ0v) is 15.6. The number of carbonyl (C=O) groups is 1. The van der Waals surface area contributed by atoms with Crippen LogP contribution in [0.1, 0.15) is 28.9 Å². The molecule has 7 heteroatoms. The van der Waals surface area contributed by atoms with Crippen molar-refractivity contribution in [3.05, 3.63) is 47.4 Å². The molecule has 2 aromatic heterocycles. The Morgan fingerprint density at radius 2 is 2.04 bits per heavy atom. The van der Waals surface area contributed by atoms with Crippen LogP contribution in [0.2, 0.25) is 0 Å². The van der Waals surface area contributed by atoms with Gasteiger partial charge < -0.3 is 15.2 Å². The fraction of sp³-hybridized carbons (Fsp3) is 0.381. The molecule has 1 aliphatic heterocycles. The second-order valence-electron chi connectivity index (χ2n) is 7.89. The third kappa shape index (κ3) is 2.69. The number of benzene rings is 1. The van der Waals surface area contributed by atoms with Gasteiger partial charge in [0.25, 0.3) is 11.6 Å². The fourth-order valence-corrected chi connectivity index (χ4v) is 4.68. The molecular formula is C21H21FN4O2. The monoisotopic (exact) mass is 380 g/mol. The first kappa shape index (κ1) is 17.3. The molecule has 3 atom stereocenters. The van der Waals surface area contributed by atoms with Crippen molar-refractivity contribution in [1.29, 1.82) is 0 Å². The first-order chi connectivity index (χ1) is 13.5. The second-order valence-corrected chi connectivity index (χ2v) is 7.89.